The summed E-state index contributed by atoms with van der Waals surface area (Å²) in [5, 5.41) is 12.5. The highest BCUT2D eigenvalue weighted by molar-refractivity contribution is 7.98. The molecule has 2 heterocycles. The number of carbonyl (C=O) groups is 2. The molecule has 7 heteroatoms. The number of ketones is 1. The van der Waals surface area contributed by atoms with Gasteiger partial charge in [-0.05, 0) is 68.3 Å². The Hall–Kier alpha value is -2.64. The van der Waals surface area contributed by atoms with Crippen LogP contribution in [-0.2, 0) is 5.75 Å². The van der Waals surface area contributed by atoms with Crippen LogP contribution in [0.15, 0.2) is 58.8 Å². The fourth-order valence-electron chi connectivity index (χ4n) is 3.71. The van der Waals surface area contributed by atoms with Gasteiger partial charge in [-0.1, -0.05) is 0 Å². The number of likely N-dealkylation sites (tertiary alicyclic amines) is 1. The Kier molecular flexibility index (Phi) is 6.73. The van der Waals surface area contributed by atoms with Crippen LogP contribution in [0.2, 0.25) is 0 Å². The summed E-state index contributed by atoms with van der Waals surface area (Å²) in [6.45, 7) is 3.16. The molecule has 1 aliphatic rings. The number of thiazole rings is 1. The van der Waals surface area contributed by atoms with Crippen LogP contribution < -0.4 is 0 Å². The SMILES string of the molecule is Cc1nc(CSc2ccc(C(=O)N3CCC(C(=O)c4ccc(O)cc4)CC3)cc2)cs1. The van der Waals surface area contributed by atoms with E-state index in [-0.39, 0.29) is 23.4 Å². The lowest BCUT2D eigenvalue weighted by Gasteiger charge is -2.31. The molecule has 1 saturated heterocycles. The first kappa shape index (κ1) is 21.6. The molecule has 4 rings (SSSR count). The predicted molar refractivity (Wildman–Crippen MR) is 124 cm³/mol. The molecule has 0 atom stereocenters. The molecule has 160 valence electrons. The van der Waals surface area contributed by atoms with Gasteiger partial charge in [0.1, 0.15) is 5.75 Å². The van der Waals surface area contributed by atoms with Crippen molar-refractivity contribution < 1.29 is 14.7 Å². The zero-order valence-electron chi connectivity index (χ0n) is 17.3. The zero-order valence-corrected chi connectivity index (χ0v) is 18.9. The van der Waals surface area contributed by atoms with Crippen molar-refractivity contribution in [1.82, 2.24) is 9.88 Å². The first-order valence-corrected chi connectivity index (χ1v) is 12.1. The summed E-state index contributed by atoms with van der Waals surface area (Å²) < 4.78 is 0. The number of aryl methyl sites for hydroxylation is 1. The molecule has 2 aromatic carbocycles. The third-order valence-electron chi connectivity index (χ3n) is 5.46. The molecular formula is C24H24N2O3S2. The number of hydrogen-bond acceptors (Lipinski definition) is 6. The van der Waals surface area contributed by atoms with E-state index in [4.69, 9.17) is 0 Å². The third kappa shape index (κ3) is 5.35. The maximum Gasteiger partial charge on any atom is 0.253 e. The van der Waals surface area contributed by atoms with Crippen LogP contribution in [0.5, 0.6) is 5.75 Å². The highest BCUT2D eigenvalue weighted by Crippen LogP contribution is 2.26. The molecule has 0 aliphatic carbocycles. The Labute approximate surface area is 190 Å². The van der Waals surface area contributed by atoms with Crippen LogP contribution in [0.1, 0.15) is 44.3 Å². The van der Waals surface area contributed by atoms with E-state index >= 15 is 0 Å². The fourth-order valence-corrected chi connectivity index (χ4v) is 5.22. The lowest BCUT2D eigenvalue weighted by Crippen LogP contribution is -2.40. The van der Waals surface area contributed by atoms with E-state index < -0.39 is 0 Å². The standard InChI is InChI=1S/C24H24N2O3S2/c1-16-25-20(14-30-16)15-31-22-8-4-19(5-9-22)24(29)26-12-10-18(11-13-26)23(28)17-2-6-21(27)7-3-17/h2-9,14,18,27H,10-13,15H2,1H3. The summed E-state index contributed by atoms with van der Waals surface area (Å²) in [7, 11) is 0. The quantitative estimate of drug-likeness (QED) is 0.412. The second kappa shape index (κ2) is 9.66. The summed E-state index contributed by atoms with van der Waals surface area (Å²) in [6, 6.07) is 14.1. The number of aromatic hydroxyl groups is 1. The van der Waals surface area contributed by atoms with Gasteiger partial charge in [0.2, 0.25) is 0 Å². The number of aromatic nitrogens is 1. The van der Waals surface area contributed by atoms with Gasteiger partial charge in [0.25, 0.3) is 5.91 Å². The van der Waals surface area contributed by atoms with Crippen LogP contribution >= 0.6 is 23.1 Å². The predicted octanol–water partition coefficient (Wildman–Crippen LogP) is 5.18. The molecule has 1 fully saturated rings. The first-order chi connectivity index (χ1) is 15.0. The minimum atomic E-state index is -0.0817. The maximum atomic E-state index is 12.9. The normalized spacial score (nSPS) is 14.5. The highest BCUT2D eigenvalue weighted by Gasteiger charge is 2.28. The van der Waals surface area contributed by atoms with Gasteiger partial charge in [-0.25, -0.2) is 4.98 Å². The van der Waals surface area contributed by atoms with Crippen molar-refractivity contribution in [3.8, 4) is 5.75 Å². The van der Waals surface area contributed by atoms with Crippen molar-refractivity contribution in [3.63, 3.8) is 0 Å². The van der Waals surface area contributed by atoms with E-state index in [1.165, 1.54) is 12.1 Å². The van der Waals surface area contributed by atoms with Crippen molar-refractivity contribution in [3.05, 3.63) is 75.7 Å². The molecule has 0 unspecified atom stereocenters. The number of nitrogens with zero attached hydrogens (tertiary/aromatic N) is 2. The number of piperidine rings is 1. The van der Waals surface area contributed by atoms with Crippen LogP contribution in [0, 0.1) is 12.8 Å². The molecule has 0 spiro atoms. The molecule has 1 aliphatic heterocycles. The van der Waals surface area contributed by atoms with E-state index in [1.807, 2.05) is 36.1 Å². The molecule has 5 nitrogen and oxygen atoms in total. The summed E-state index contributed by atoms with van der Waals surface area (Å²) in [4.78, 5) is 33.0. The van der Waals surface area contributed by atoms with Crippen molar-refractivity contribution in [2.45, 2.75) is 30.4 Å². The van der Waals surface area contributed by atoms with E-state index in [0.717, 1.165) is 21.3 Å². The van der Waals surface area contributed by atoms with Crippen LogP contribution in [-0.4, -0.2) is 39.8 Å². The molecule has 0 radical (unpaired) electrons. The number of thioether (sulfide) groups is 1. The number of Topliss-reactive ketones (excluding diaryl/α,β-unsaturated/α-hetero) is 1. The molecule has 1 amide bonds. The second-order valence-corrected chi connectivity index (χ2v) is 9.76. The number of phenolic OH excluding ortho intramolecular Hbond substituents is 1. The monoisotopic (exact) mass is 452 g/mol. The topological polar surface area (TPSA) is 70.5 Å². The summed E-state index contributed by atoms with van der Waals surface area (Å²) in [6.07, 6.45) is 1.32. The Morgan fingerprint density at radius 3 is 2.32 bits per heavy atom. The lowest BCUT2D eigenvalue weighted by atomic mass is 9.88. The van der Waals surface area contributed by atoms with Gasteiger partial charge in [-0.3, -0.25) is 9.59 Å². The number of rotatable bonds is 6. The van der Waals surface area contributed by atoms with E-state index in [1.54, 1.807) is 35.2 Å². The van der Waals surface area contributed by atoms with Gasteiger partial charge in [-0.15, -0.1) is 23.1 Å². The van der Waals surface area contributed by atoms with Crippen molar-refractivity contribution in [1.29, 1.82) is 0 Å². The fraction of sp³-hybridized carbons (Fsp3) is 0.292. The summed E-state index contributed by atoms with van der Waals surface area (Å²) in [5.74, 6) is 0.993. The molecule has 1 aromatic heterocycles. The highest BCUT2D eigenvalue weighted by atomic mass is 32.2. The van der Waals surface area contributed by atoms with E-state index in [0.29, 0.717) is 37.1 Å². The largest absolute Gasteiger partial charge is 0.508 e. The molecule has 31 heavy (non-hydrogen) atoms. The molecule has 0 bridgehead atoms. The molecular weight excluding hydrogens is 428 g/mol. The van der Waals surface area contributed by atoms with E-state index in [2.05, 4.69) is 10.4 Å². The number of benzene rings is 2. The lowest BCUT2D eigenvalue weighted by molar-refractivity contribution is 0.0650. The van der Waals surface area contributed by atoms with Gasteiger partial charge in [0.05, 0.1) is 10.7 Å². The van der Waals surface area contributed by atoms with Gasteiger partial charge in [0.15, 0.2) is 5.78 Å². The minimum Gasteiger partial charge on any atom is -0.508 e. The zero-order chi connectivity index (χ0) is 21.8. The van der Waals surface area contributed by atoms with E-state index in [9.17, 15) is 14.7 Å². The van der Waals surface area contributed by atoms with Gasteiger partial charge < -0.3 is 10.0 Å². The van der Waals surface area contributed by atoms with Crippen LogP contribution in [0.3, 0.4) is 0 Å². The van der Waals surface area contributed by atoms with Gasteiger partial charge in [0, 0.05) is 46.2 Å². The summed E-state index contributed by atoms with van der Waals surface area (Å²) >= 11 is 3.37. The minimum absolute atomic E-state index is 0.0159. The molecule has 0 saturated carbocycles. The Morgan fingerprint density at radius 1 is 1.06 bits per heavy atom. The van der Waals surface area contributed by atoms with Crippen LogP contribution in [0.25, 0.3) is 0 Å². The molecule has 3 aromatic rings. The summed E-state index contributed by atoms with van der Waals surface area (Å²) in [5.41, 5.74) is 2.37. The average Bonchev–Trinajstić information content (AvgIpc) is 3.23. The smallest absolute Gasteiger partial charge is 0.253 e. The number of phenols is 1. The van der Waals surface area contributed by atoms with Crippen molar-refractivity contribution in [2.75, 3.05) is 13.1 Å². The number of carbonyl (C=O) groups excluding carboxylic acids is 2. The molecule has 1 N–H and O–H groups in total. The Morgan fingerprint density at radius 2 is 1.71 bits per heavy atom. The van der Waals surface area contributed by atoms with Crippen molar-refractivity contribution in [2.24, 2.45) is 5.92 Å². The van der Waals surface area contributed by atoms with Gasteiger partial charge in [-0.2, -0.15) is 0 Å². The third-order valence-corrected chi connectivity index (χ3v) is 7.33. The number of hydrogen-bond donors (Lipinski definition) is 1. The average molecular weight is 453 g/mol. The second-order valence-electron chi connectivity index (χ2n) is 7.65. The number of amides is 1. The maximum absolute atomic E-state index is 12.9. The van der Waals surface area contributed by atoms with Gasteiger partial charge >= 0.3 is 0 Å². The Balaban J connectivity index is 1.30. The Bertz CT molecular complexity index is 1050. The van der Waals surface area contributed by atoms with Crippen LogP contribution in [0.4, 0.5) is 0 Å². The van der Waals surface area contributed by atoms with Crippen molar-refractivity contribution >= 4 is 34.8 Å². The first-order valence-electron chi connectivity index (χ1n) is 10.3.